The van der Waals surface area contributed by atoms with Crippen LogP contribution < -0.4 is 5.32 Å². The van der Waals surface area contributed by atoms with Gasteiger partial charge in [0.1, 0.15) is 0 Å². The number of nitrogens with one attached hydrogen (secondary N) is 1. The molecule has 2 rings (SSSR count). The number of carbonyl (C=O) groups excluding carboxylic acids is 1. The van der Waals surface area contributed by atoms with Gasteiger partial charge in [-0.2, -0.15) is 0 Å². The lowest BCUT2D eigenvalue weighted by atomic mass is 10.1. The standard InChI is InChI=1S/C17H26N2O3S/c1-4-19(10-15-9-13(2)5-6-14(15)3)11-17(20)18-16-7-8-23(21,22)12-16/h5-6,9,16H,4,7-8,10-12H2,1-3H3,(H,18,20)/t16-/m1/s1. The van der Waals surface area contributed by atoms with Crippen LogP contribution in [0.15, 0.2) is 18.2 Å². The molecule has 23 heavy (non-hydrogen) atoms. The maximum atomic E-state index is 12.2. The van der Waals surface area contributed by atoms with Gasteiger partial charge < -0.3 is 5.32 Å². The molecular formula is C17H26N2O3S. The number of benzene rings is 1. The van der Waals surface area contributed by atoms with E-state index in [0.717, 1.165) is 13.1 Å². The Morgan fingerprint density at radius 3 is 2.70 bits per heavy atom. The van der Waals surface area contributed by atoms with Gasteiger partial charge in [-0.1, -0.05) is 30.7 Å². The molecule has 6 heteroatoms. The van der Waals surface area contributed by atoms with Crippen LogP contribution in [0.2, 0.25) is 0 Å². The molecule has 1 saturated heterocycles. The van der Waals surface area contributed by atoms with Gasteiger partial charge in [-0.25, -0.2) is 8.42 Å². The fourth-order valence-corrected chi connectivity index (χ4v) is 4.55. The highest BCUT2D eigenvalue weighted by Gasteiger charge is 2.29. The van der Waals surface area contributed by atoms with Crippen molar-refractivity contribution < 1.29 is 13.2 Å². The molecule has 128 valence electrons. The third-order valence-corrected chi connectivity index (χ3v) is 6.08. The third-order valence-electron chi connectivity index (χ3n) is 4.31. The van der Waals surface area contributed by atoms with Gasteiger partial charge in [0.15, 0.2) is 9.84 Å². The predicted octanol–water partition coefficient (Wildman–Crippen LogP) is 1.43. The van der Waals surface area contributed by atoms with Crippen LogP contribution in [0.1, 0.15) is 30.0 Å². The Kier molecular flexibility index (Phi) is 5.81. The topological polar surface area (TPSA) is 66.5 Å². The van der Waals surface area contributed by atoms with E-state index in [4.69, 9.17) is 0 Å². The molecule has 0 radical (unpaired) electrons. The Morgan fingerprint density at radius 1 is 1.35 bits per heavy atom. The summed E-state index contributed by atoms with van der Waals surface area (Å²) in [5, 5.41) is 2.85. The second-order valence-corrected chi connectivity index (χ2v) is 8.63. The Hall–Kier alpha value is -1.40. The Morgan fingerprint density at radius 2 is 2.09 bits per heavy atom. The van der Waals surface area contributed by atoms with Crippen LogP contribution >= 0.6 is 0 Å². The summed E-state index contributed by atoms with van der Waals surface area (Å²) >= 11 is 0. The fourth-order valence-electron chi connectivity index (χ4n) is 2.88. The molecule has 0 saturated carbocycles. The molecule has 0 aromatic heterocycles. The van der Waals surface area contributed by atoms with Crippen LogP contribution in [0.5, 0.6) is 0 Å². The van der Waals surface area contributed by atoms with E-state index in [1.165, 1.54) is 16.7 Å². The van der Waals surface area contributed by atoms with Crippen LogP contribution in [-0.4, -0.2) is 49.9 Å². The zero-order valence-corrected chi connectivity index (χ0v) is 14.9. The summed E-state index contributed by atoms with van der Waals surface area (Å²) in [4.78, 5) is 14.2. The van der Waals surface area contributed by atoms with Crippen molar-refractivity contribution >= 4 is 15.7 Å². The van der Waals surface area contributed by atoms with E-state index in [2.05, 4.69) is 42.3 Å². The minimum absolute atomic E-state index is 0.0713. The number of nitrogens with zero attached hydrogens (tertiary/aromatic N) is 1. The molecule has 5 nitrogen and oxygen atoms in total. The number of amides is 1. The van der Waals surface area contributed by atoms with Crippen molar-refractivity contribution in [2.45, 2.75) is 39.8 Å². The van der Waals surface area contributed by atoms with Gasteiger partial charge in [-0.3, -0.25) is 9.69 Å². The zero-order valence-electron chi connectivity index (χ0n) is 14.1. The van der Waals surface area contributed by atoms with Gasteiger partial charge in [-0.15, -0.1) is 0 Å². The largest absolute Gasteiger partial charge is 0.351 e. The molecule has 1 aromatic carbocycles. The van der Waals surface area contributed by atoms with Gasteiger partial charge >= 0.3 is 0 Å². The third kappa shape index (κ3) is 5.32. The normalized spacial score (nSPS) is 19.9. The summed E-state index contributed by atoms with van der Waals surface area (Å²) in [7, 11) is -2.96. The first-order valence-corrected chi connectivity index (χ1v) is 9.89. The van der Waals surface area contributed by atoms with E-state index in [-0.39, 0.29) is 23.5 Å². The number of sulfone groups is 1. The predicted molar refractivity (Wildman–Crippen MR) is 92.1 cm³/mol. The van der Waals surface area contributed by atoms with Crippen molar-refractivity contribution in [3.8, 4) is 0 Å². The van der Waals surface area contributed by atoms with Crippen LogP contribution in [0.25, 0.3) is 0 Å². The summed E-state index contributed by atoms with van der Waals surface area (Å²) in [6.07, 6.45) is 0.525. The van der Waals surface area contributed by atoms with Crippen LogP contribution in [0.4, 0.5) is 0 Å². The van der Waals surface area contributed by atoms with Crippen LogP contribution in [0.3, 0.4) is 0 Å². The summed E-state index contributed by atoms with van der Waals surface area (Å²) in [5.74, 6) is 0.152. The number of likely N-dealkylation sites (N-methyl/N-ethyl adjacent to an activating group) is 1. The second kappa shape index (κ2) is 7.45. The first kappa shape index (κ1) is 17.9. The molecule has 1 fully saturated rings. The maximum Gasteiger partial charge on any atom is 0.234 e. The average Bonchev–Trinajstić information content (AvgIpc) is 2.80. The summed E-state index contributed by atoms with van der Waals surface area (Å²) in [6.45, 7) is 7.95. The smallest absolute Gasteiger partial charge is 0.234 e. The highest BCUT2D eigenvalue weighted by atomic mass is 32.2. The minimum atomic E-state index is -2.96. The first-order chi connectivity index (χ1) is 10.8. The Bertz CT molecular complexity index is 670. The second-order valence-electron chi connectivity index (χ2n) is 6.40. The maximum absolute atomic E-state index is 12.2. The Labute approximate surface area is 139 Å². The van der Waals surface area contributed by atoms with E-state index >= 15 is 0 Å². The lowest BCUT2D eigenvalue weighted by Gasteiger charge is -2.22. The van der Waals surface area contributed by atoms with E-state index in [1.54, 1.807) is 0 Å². The van der Waals surface area contributed by atoms with Crippen molar-refractivity contribution in [2.24, 2.45) is 0 Å². The first-order valence-electron chi connectivity index (χ1n) is 8.07. The molecule has 1 aromatic rings. The van der Waals surface area contributed by atoms with Crippen LogP contribution in [0, 0.1) is 13.8 Å². The molecule has 0 unspecified atom stereocenters. The van der Waals surface area contributed by atoms with Crippen molar-refractivity contribution in [3.63, 3.8) is 0 Å². The lowest BCUT2D eigenvalue weighted by molar-refractivity contribution is -0.122. The minimum Gasteiger partial charge on any atom is -0.351 e. The molecule has 0 bridgehead atoms. The van der Waals surface area contributed by atoms with E-state index in [9.17, 15) is 13.2 Å². The molecule has 1 atom stereocenters. The fraction of sp³-hybridized carbons (Fsp3) is 0.588. The quantitative estimate of drug-likeness (QED) is 0.852. The zero-order chi connectivity index (χ0) is 17.0. The molecular weight excluding hydrogens is 312 g/mol. The molecule has 1 aliphatic rings. The monoisotopic (exact) mass is 338 g/mol. The lowest BCUT2D eigenvalue weighted by Crippen LogP contribution is -2.42. The van der Waals surface area contributed by atoms with Gasteiger partial charge in [0.25, 0.3) is 0 Å². The van der Waals surface area contributed by atoms with E-state index in [1.807, 2.05) is 6.92 Å². The number of rotatable bonds is 6. The molecule has 0 aliphatic carbocycles. The number of hydrogen-bond acceptors (Lipinski definition) is 4. The van der Waals surface area contributed by atoms with Gasteiger partial charge in [0.2, 0.25) is 5.91 Å². The van der Waals surface area contributed by atoms with E-state index < -0.39 is 9.84 Å². The molecule has 1 aliphatic heterocycles. The molecule has 1 N–H and O–H groups in total. The van der Waals surface area contributed by atoms with Crippen molar-refractivity contribution in [1.82, 2.24) is 10.2 Å². The van der Waals surface area contributed by atoms with Crippen molar-refractivity contribution in [2.75, 3.05) is 24.6 Å². The van der Waals surface area contributed by atoms with Crippen LogP contribution in [-0.2, 0) is 21.2 Å². The highest BCUT2D eigenvalue weighted by Crippen LogP contribution is 2.14. The molecule has 1 amide bonds. The Balaban J connectivity index is 1.91. The van der Waals surface area contributed by atoms with E-state index in [0.29, 0.717) is 13.0 Å². The summed E-state index contributed by atoms with van der Waals surface area (Å²) < 4.78 is 22.9. The average molecular weight is 338 g/mol. The van der Waals surface area contributed by atoms with Gasteiger partial charge in [-0.05, 0) is 37.9 Å². The molecule has 1 heterocycles. The number of carbonyl (C=O) groups is 1. The van der Waals surface area contributed by atoms with Gasteiger partial charge in [0.05, 0.1) is 18.1 Å². The highest BCUT2D eigenvalue weighted by molar-refractivity contribution is 7.91. The number of hydrogen-bond donors (Lipinski definition) is 1. The number of aryl methyl sites for hydroxylation is 2. The van der Waals surface area contributed by atoms with Crippen molar-refractivity contribution in [3.05, 3.63) is 34.9 Å². The summed E-state index contributed by atoms with van der Waals surface area (Å²) in [5.41, 5.74) is 3.65. The summed E-state index contributed by atoms with van der Waals surface area (Å²) in [6, 6.07) is 6.11. The molecule has 0 spiro atoms. The van der Waals surface area contributed by atoms with Gasteiger partial charge in [0, 0.05) is 12.6 Å². The van der Waals surface area contributed by atoms with Crippen molar-refractivity contribution in [1.29, 1.82) is 0 Å². The SMILES string of the molecule is CCN(CC(=O)N[C@@H]1CCS(=O)(=O)C1)Cc1cc(C)ccc1C.